The number of hydrogen-bond acceptors (Lipinski definition) is 3. The van der Waals surface area contributed by atoms with Gasteiger partial charge in [0, 0.05) is 25.3 Å². The first kappa shape index (κ1) is 19.9. The van der Waals surface area contributed by atoms with Crippen molar-refractivity contribution in [2.45, 2.75) is 39.8 Å². The maximum absolute atomic E-state index is 12.0. The second-order valence-corrected chi connectivity index (χ2v) is 5.18. The van der Waals surface area contributed by atoms with E-state index < -0.39 is 0 Å². The molecule has 1 atom stereocenters. The van der Waals surface area contributed by atoms with Crippen LogP contribution in [0.25, 0.3) is 0 Å². The van der Waals surface area contributed by atoms with Crippen LogP contribution in [0.3, 0.4) is 0 Å². The Hall–Kier alpha value is -1.10. The van der Waals surface area contributed by atoms with Crippen molar-refractivity contribution in [3.8, 4) is 0 Å². The summed E-state index contributed by atoms with van der Waals surface area (Å²) in [6.45, 7) is 8.08. The molecule has 0 aliphatic rings. The monoisotopic (exact) mass is 314 g/mol. The number of amides is 1. The van der Waals surface area contributed by atoms with Crippen LogP contribution in [0.15, 0.2) is 24.3 Å². The molecule has 120 valence electrons. The number of carbonyl (C=O) groups is 1. The minimum Gasteiger partial charge on any atom is -0.378 e. The molecule has 0 bridgehead atoms. The van der Waals surface area contributed by atoms with E-state index in [0.29, 0.717) is 31.2 Å². The number of ether oxygens (including phenoxy) is 1. The van der Waals surface area contributed by atoms with E-state index in [2.05, 4.69) is 19.2 Å². The van der Waals surface area contributed by atoms with Gasteiger partial charge in [-0.15, -0.1) is 12.4 Å². The Bertz CT molecular complexity index is 407. The Morgan fingerprint density at radius 1 is 1.29 bits per heavy atom. The SMILES string of the molecule is CCOC(CCNC(=O)c1ccc(CN)cc1)C(C)C.Cl. The number of hydrogen-bond donors (Lipinski definition) is 2. The Balaban J connectivity index is 0.00000400. The summed E-state index contributed by atoms with van der Waals surface area (Å²) in [5.41, 5.74) is 7.22. The van der Waals surface area contributed by atoms with Crippen molar-refractivity contribution >= 4 is 18.3 Å². The lowest BCUT2D eigenvalue weighted by Gasteiger charge is -2.20. The molecule has 0 heterocycles. The fourth-order valence-electron chi connectivity index (χ4n) is 2.05. The normalized spacial score (nSPS) is 11.9. The third-order valence-corrected chi connectivity index (χ3v) is 3.29. The third-order valence-electron chi connectivity index (χ3n) is 3.29. The predicted molar refractivity (Wildman–Crippen MR) is 88.8 cm³/mol. The fourth-order valence-corrected chi connectivity index (χ4v) is 2.05. The number of carbonyl (C=O) groups excluding carboxylic acids is 1. The van der Waals surface area contributed by atoms with Crippen LogP contribution in [-0.4, -0.2) is 25.2 Å². The molecule has 1 unspecified atom stereocenters. The maximum atomic E-state index is 12.0. The van der Waals surface area contributed by atoms with Crippen molar-refractivity contribution in [1.29, 1.82) is 0 Å². The molecule has 0 saturated heterocycles. The molecule has 0 aliphatic carbocycles. The number of halogens is 1. The van der Waals surface area contributed by atoms with E-state index in [4.69, 9.17) is 10.5 Å². The van der Waals surface area contributed by atoms with Crippen molar-refractivity contribution < 1.29 is 9.53 Å². The topological polar surface area (TPSA) is 64.3 Å². The average molecular weight is 315 g/mol. The summed E-state index contributed by atoms with van der Waals surface area (Å²) >= 11 is 0. The van der Waals surface area contributed by atoms with Gasteiger partial charge in [0.1, 0.15) is 0 Å². The van der Waals surface area contributed by atoms with Gasteiger partial charge >= 0.3 is 0 Å². The summed E-state index contributed by atoms with van der Waals surface area (Å²) in [5, 5.41) is 2.93. The molecule has 1 amide bonds. The van der Waals surface area contributed by atoms with Crippen molar-refractivity contribution in [2.75, 3.05) is 13.2 Å². The zero-order chi connectivity index (χ0) is 15.0. The van der Waals surface area contributed by atoms with Gasteiger partial charge in [-0.05, 0) is 37.0 Å². The molecule has 0 saturated carbocycles. The van der Waals surface area contributed by atoms with Crippen LogP contribution >= 0.6 is 12.4 Å². The van der Waals surface area contributed by atoms with Gasteiger partial charge in [-0.3, -0.25) is 4.79 Å². The lowest BCUT2D eigenvalue weighted by molar-refractivity contribution is 0.0251. The Labute approximate surface area is 133 Å². The van der Waals surface area contributed by atoms with Crippen LogP contribution in [0.2, 0.25) is 0 Å². The van der Waals surface area contributed by atoms with Gasteiger partial charge in [-0.2, -0.15) is 0 Å². The van der Waals surface area contributed by atoms with Gasteiger partial charge in [0.2, 0.25) is 0 Å². The molecule has 0 fully saturated rings. The highest BCUT2D eigenvalue weighted by atomic mass is 35.5. The van der Waals surface area contributed by atoms with Crippen LogP contribution in [-0.2, 0) is 11.3 Å². The standard InChI is InChI=1S/C16H26N2O2.ClH/c1-4-20-15(12(2)3)9-10-18-16(19)14-7-5-13(11-17)6-8-14;/h5-8,12,15H,4,9-11,17H2,1-3H3,(H,18,19);1H. The van der Waals surface area contributed by atoms with Gasteiger partial charge in [0.15, 0.2) is 0 Å². The van der Waals surface area contributed by atoms with Crippen molar-refractivity contribution in [3.63, 3.8) is 0 Å². The van der Waals surface area contributed by atoms with Gasteiger partial charge < -0.3 is 15.8 Å². The number of nitrogens with two attached hydrogens (primary N) is 1. The summed E-state index contributed by atoms with van der Waals surface area (Å²) < 4.78 is 5.66. The van der Waals surface area contributed by atoms with Crippen molar-refractivity contribution in [2.24, 2.45) is 11.7 Å². The van der Waals surface area contributed by atoms with Crippen LogP contribution in [0, 0.1) is 5.92 Å². The highest BCUT2D eigenvalue weighted by molar-refractivity contribution is 5.94. The third kappa shape index (κ3) is 6.93. The number of nitrogens with one attached hydrogen (secondary N) is 1. The van der Waals surface area contributed by atoms with Crippen LogP contribution in [0.1, 0.15) is 43.1 Å². The van der Waals surface area contributed by atoms with Gasteiger partial charge in [-0.25, -0.2) is 0 Å². The predicted octanol–water partition coefficient (Wildman–Crippen LogP) is 2.75. The molecule has 21 heavy (non-hydrogen) atoms. The summed E-state index contributed by atoms with van der Waals surface area (Å²) in [4.78, 5) is 12.0. The fraction of sp³-hybridized carbons (Fsp3) is 0.562. The summed E-state index contributed by atoms with van der Waals surface area (Å²) in [6, 6.07) is 7.37. The minimum absolute atomic E-state index is 0. The summed E-state index contributed by atoms with van der Waals surface area (Å²) in [6.07, 6.45) is 1.03. The minimum atomic E-state index is -0.0485. The quantitative estimate of drug-likeness (QED) is 0.775. The molecule has 1 rings (SSSR count). The highest BCUT2D eigenvalue weighted by Gasteiger charge is 2.13. The van der Waals surface area contributed by atoms with Gasteiger partial charge in [0.25, 0.3) is 5.91 Å². The van der Waals surface area contributed by atoms with E-state index in [0.717, 1.165) is 12.0 Å². The van der Waals surface area contributed by atoms with E-state index in [1.807, 2.05) is 19.1 Å². The number of rotatable bonds is 8. The largest absolute Gasteiger partial charge is 0.378 e. The van der Waals surface area contributed by atoms with Gasteiger partial charge in [-0.1, -0.05) is 26.0 Å². The van der Waals surface area contributed by atoms with Crippen LogP contribution < -0.4 is 11.1 Å². The molecule has 0 aromatic heterocycles. The maximum Gasteiger partial charge on any atom is 0.251 e. The first-order valence-corrected chi connectivity index (χ1v) is 7.27. The molecule has 5 heteroatoms. The second kappa shape index (κ2) is 10.6. The zero-order valence-corrected chi connectivity index (χ0v) is 13.9. The molecule has 0 radical (unpaired) electrons. The highest BCUT2D eigenvalue weighted by Crippen LogP contribution is 2.10. The molecule has 0 spiro atoms. The smallest absolute Gasteiger partial charge is 0.251 e. The van der Waals surface area contributed by atoms with E-state index in [-0.39, 0.29) is 24.4 Å². The second-order valence-electron chi connectivity index (χ2n) is 5.18. The van der Waals surface area contributed by atoms with Crippen LogP contribution in [0.4, 0.5) is 0 Å². The Morgan fingerprint density at radius 2 is 1.90 bits per heavy atom. The van der Waals surface area contributed by atoms with E-state index in [9.17, 15) is 4.79 Å². The van der Waals surface area contributed by atoms with Crippen LogP contribution in [0.5, 0.6) is 0 Å². The Kier molecular flexibility index (Phi) is 10.0. The molecule has 1 aromatic carbocycles. The van der Waals surface area contributed by atoms with E-state index in [1.54, 1.807) is 12.1 Å². The average Bonchev–Trinajstić information content (AvgIpc) is 2.46. The summed E-state index contributed by atoms with van der Waals surface area (Å²) in [5.74, 6) is 0.406. The van der Waals surface area contributed by atoms with E-state index in [1.165, 1.54) is 0 Å². The van der Waals surface area contributed by atoms with E-state index >= 15 is 0 Å². The van der Waals surface area contributed by atoms with Crippen molar-refractivity contribution in [1.82, 2.24) is 5.32 Å². The van der Waals surface area contributed by atoms with Crippen molar-refractivity contribution in [3.05, 3.63) is 35.4 Å². The lowest BCUT2D eigenvalue weighted by Crippen LogP contribution is -2.30. The zero-order valence-electron chi connectivity index (χ0n) is 13.1. The molecule has 3 N–H and O–H groups in total. The number of benzene rings is 1. The first-order chi connectivity index (χ1) is 9.58. The lowest BCUT2D eigenvalue weighted by atomic mass is 10.0. The first-order valence-electron chi connectivity index (χ1n) is 7.27. The molecule has 4 nitrogen and oxygen atoms in total. The van der Waals surface area contributed by atoms with Gasteiger partial charge in [0.05, 0.1) is 6.10 Å². The molecule has 0 aliphatic heterocycles. The molecular formula is C16H27ClN2O2. The summed E-state index contributed by atoms with van der Waals surface area (Å²) in [7, 11) is 0. The molecular weight excluding hydrogens is 288 g/mol. The molecule has 1 aromatic rings. The Morgan fingerprint density at radius 3 is 2.38 bits per heavy atom.